The van der Waals surface area contributed by atoms with E-state index in [-0.39, 0.29) is 6.03 Å². The fourth-order valence-electron chi connectivity index (χ4n) is 2.31. The van der Waals surface area contributed by atoms with Crippen LogP contribution in [-0.2, 0) is 6.42 Å². The van der Waals surface area contributed by atoms with E-state index in [2.05, 4.69) is 5.32 Å². The quantitative estimate of drug-likeness (QED) is 0.897. The van der Waals surface area contributed by atoms with E-state index in [0.29, 0.717) is 44.5 Å². The first-order valence-corrected chi connectivity index (χ1v) is 7.06. The van der Waals surface area contributed by atoms with Gasteiger partial charge in [-0.3, -0.25) is 0 Å². The molecule has 116 valence electrons. The van der Waals surface area contributed by atoms with Crippen molar-refractivity contribution in [2.75, 3.05) is 19.6 Å². The fourth-order valence-corrected chi connectivity index (χ4v) is 2.31. The first-order chi connectivity index (χ1) is 9.87. The van der Waals surface area contributed by atoms with Crippen LogP contribution in [-0.4, -0.2) is 41.3 Å². The van der Waals surface area contributed by atoms with E-state index in [1.54, 1.807) is 11.8 Å². The molecule has 21 heavy (non-hydrogen) atoms. The van der Waals surface area contributed by atoms with Gasteiger partial charge in [0, 0.05) is 19.6 Å². The predicted molar refractivity (Wildman–Crippen MR) is 74.9 cm³/mol. The van der Waals surface area contributed by atoms with Gasteiger partial charge in [0.25, 0.3) is 0 Å². The van der Waals surface area contributed by atoms with Crippen LogP contribution < -0.4 is 5.32 Å². The molecule has 2 rings (SSSR count). The minimum absolute atomic E-state index is 0.187. The number of amides is 2. The summed E-state index contributed by atoms with van der Waals surface area (Å²) in [6, 6.07) is 3.54. The van der Waals surface area contributed by atoms with Crippen LogP contribution in [0.3, 0.4) is 0 Å². The Bertz CT molecular complexity index is 510. The summed E-state index contributed by atoms with van der Waals surface area (Å²) < 4.78 is 25.8. The Hall–Kier alpha value is -1.69. The lowest BCUT2D eigenvalue weighted by Crippen LogP contribution is -2.49. The molecule has 1 fully saturated rings. The molecule has 0 bridgehead atoms. The van der Waals surface area contributed by atoms with E-state index >= 15 is 0 Å². The molecular weight excluding hydrogens is 278 g/mol. The second-order valence-corrected chi connectivity index (χ2v) is 5.71. The molecule has 1 saturated heterocycles. The molecule has 0 spiro atoms. The highest BCUT2D eigenvalue weighted by atomic mass is 19.2. The highest BCUT2D eigenvalue weighted by molar-refractivity contribution is 5.74. The van der Waals surface area contributed by atoms with Gasteiger partial charge in [-0.25, -0.2) is 13.6 Å². The number of likely N-dealkylation sites (tertiary alicyclic amines) is 1. The third-order valence-corrected chi connectivity index (χ3v) is 3.80. The molecule has 1 aromatic carbocycles. The number of hydrogen-bond donors (Lipinski definition) is 2. The predicted octanol–water partition coefficient (Wildman–Crippen LogP) is 2.06. The van der Waals surface area contributed by atoms with Crippen LogP contribution in [0.2, 0.25) is 0 Å². The zero-order chi connectivity index (χ0) is 15.5. The van der Waals surface area contributed by atoms with Gasteiger partial charge in [0.15, 0.2) is 11.6 Å². The van der Waals surface area contributed by atoms with E-state index in [1.165, 1.54) is 6.07 Å². The van der Waals surface area contributed by atoms with E-state index < -0.39 is 17.2 Å². The van der Waals surface area contributed by atoms with Crippen LogP contribution in [0.1, 0.15) is 25.3 Å². The number of halogens is 2. The van der Waals surface area contributed by atoms with Crippen molar-refractivity contribution in [1.29, 1.82) is 0 Å². The number of carbonyl (C=O) groups is 1. The first-order valence-electron chi connectivity index (χ1n) is 7.06. The monoisotopic (exact) mass is 298 g/mol. The number of carbonyl (C=O) groups excluding carboxylic acids is 1. The largest absolute Gasteiger partial charge is 0.390 e. The third kappa shape index (κ3) is 4.39. The summed E-state index contributed by atoms with van der Waals surface area (Å²) >= 11 is 0. The van der Waals surface area contributed by atoms with Gasteiger partial charge in [0.1, 0.15) is 0 Å². The van der Waals surface area contributed by atoms with E-state index in [1.807, 2.05) is 0 Å². The molecule has 0 aromatic heterocycles. The van der Waals surface area contributed by atoms with Crippen molar-refractivity contribution >= 4 is 6.03 Å². The number of urea groups is 1. The minimum atomic E-state index is -0.878. The maximum absolute atomic E-state index is 13.0. The molecule has 4 nitrogen and oxygen atoms in total. The lowest BCUT2D eigenvalue weighted by molar-refractivity contribution is 0.00442. The molecule has 6 heteroatoms. The van der Waals surface area contributed by atoms with Crippen LogP contribution in [0.15, 0.2) is 18.2 Å². The van der Waals surface area contributed by atoms with Gasteiger partial charge in [-0.05, 0) is 43.9 Å². The van der Waals surface area contributed by atoms with E-state index in [0.717, 1.165) is 12.1 Å². The van der Waals surface area contributed by atoms with Gasteiger partial charge in [-0.1, -0.05) is 6.07 Å². The fraction of sp³-hybridized carbons (Fsp3) is 0.533. The average molecular weight is 298 g/mol. The van der Waals surface area contributed by atoms with Gasteiger partial charge >= 0.3 is 6.03 Å². The number of nitrogens with zero attached hydrogens (tertiary/aromatic N) is 1. The molecule has 2 amide bonds. The smallest absolute Gasteiger partial charge is 0.317 e. The molecule has 2 N–H and O–H groups in total. The number of rotatable bonds is 3. The summed E-state index contributed by atoms with van der Waals surface area (Å²) in [7, 11) is 0. The normalized spacial score (nSPS) is 17.6. The van der Waals surface area contributed by atoms with Gasteiger partial charge in [-0.2, -0.15) is 0 Å². The van der Waals surface area contributed by atoms with Crippen LogP contribution in [0, 0.1) is 11.6 Å². The average Bonchev–Trinajstić information content (AvgIpc) is 2.42. The van der Waals surface area contributed by atoms with Crippen molar-refractivity contribution in [2.24, 2.45) is 0 Å². The Morgan fingerprint density at radius 3 is 2.62 bits per heavy atom. The summed E-state index contributed by atoms with van der Waals surface area (Å²) in [4.78, 5) is 13.6. The van der Waals surface area contributed by atoms with Crippen LogP contribution in [0.25, 0.3) is 0 Å². The van der Waals surface area contributed by atoms with Crippen LogP contribution >= 0.6 is 0 Å². The molecule has 1 aliphatic rings. The second kappa shape index (κ2) is 6.39. The van der Waals surface area contributed by atoms with E-state index in [4.69, 9.17) is 0 Å². The minimum Gasteiger partial charge on any atom is -0.390 e. The number of nitrogens with one attached hydrogen (secondary N) is 1. The summed E-state index contributed by atoms with van der Waals surface area (Å²) in [6.07, 6.45) is 1.56. The second-order valence-electron chi connectivity index (χ2n) is 5.71. The molecule has 1 heterocycles. The van der Waals surface area contributed by atoms with Crippen molar-refractivity contribution in [2.45, 2.75) is 31.8 Å². The van der Waals surface area contributed by atoms with Crippen molar-refractivity contribution in [3.8, 4) is 0 Å². The molecule has 0 saturated carbocycles. The molecule has 1 aliphatic heterocycles. The number of aliphatic hydroxyl groups is 1. The van der Waals surface area contributed by atoms with Crippen molar-refractivity contribution in [3.63, 3.8) is 0 Å². The van der Waals surface area contributed by atoms with E-state index in [9.17, 15) is 18.7 Å². The summed E-state index contributed by atoms with van der Waals surface area (Å²) in [5, 5.41) is 12.6. The summed E-state index contributed by atoms with van der Waals surface area (Å²) in [5.41, 5.74) is -0.0571. The molecule has 1 aromatic rings. The standard InChI is InChI=1S/C15H20F2N2O2/c1-15(21)5-8-19(9-6-15)14(20)18-7-4-11-2-3-12(16)13(17)10-11/h2-3,10,21H,4-9H2,1H3,(H,18,20). The lowest BCUT2D eigenvalue weighted by atomic mass is 9.94. The Morgan fingerprint density at radius 2 is 2.00 bits per heavy atom. The molecular formula is C15H20F2N2O2. The van der Waals surface area contributed by atoms with Crippen LogP contribution in [0.4, 0.5) is 13.6 Å². The summed E-state index contributed by atoms with van der Waals surface area (Å²) in [6.45, 7) is 3.16. The zero-order valence-electron chi connectivity index (χ0n) is 12.0. The highest BCUT2D eigenvalue weighted by Gasteiger charge is 2.29. The van der Waals surface area contributed by atoms with Crippen LogP contribution in [0.5, 0.6) is 0 Å². The SMILES string of the molecule is CC1(O)CCN(C(=O)NCCc2ccc(F)c(F)c2)CC1. The summed E-state index contributed by atoms with van der Waals surface area (Å²) in [5.74, 6) is -1.75. The maximum atomic E-state index is 13.0. The third-order valence-electron chi connectivity index (χ3n) is 3.80. The van der Waals surface area contributed by atoms with Crippen molar-refractivity contribution in [1.82, 2.24) is 10.2 Å². The maximum Gasteiger partial charge on any atom is 0.317 e. The molecule has 0 radical (unpaired) electrons. The highest BCUT2D eigenvalue weighted by Crippen LogP contribution is 2.20. The molecule has 0 unspecified atom stereocenters. The van der Waals surface area contributed by atoms with Gasteiger partial charge in [-0.15, -0.1) is 0 Å². The topological polar surface area (TPSA) is 52.6 Å². The Balaban J connectivity index is 1.75. The first kappa shape index (κ1) is 15.7. The van der Waals surface area contributed by atoms with Gasteiger partial charge < -0.3 is 15.3 Å². The van der Waals surface area contributed by atoms with Crippen molar-refractivity contribution < 1.29 is 18.7 Å². The zero-order valence-corrected chi connectivity index (χ0v) is 12.0. The Morgan fingerprint density at radius 1 is 1.33 bits per heavy atom. The Kier molecular flexibility index (Phi) is 4.77. The molecule has 0 aliphatic carbocycles. The lowest BCUT2D eigenvalue weighted by Gasteiger charge is -2.35. The number of benzene rings is 1. The van der Waals surface area contributed by atoms with Gasteiger partial charge in [0.05, 0.1) is 5.60 Å². The number of hydrogen-bond acceptors (Lipinski definition) is 2. The van der Waals surface area contributed by atoms with Crippen molar-refractivity contribution in [3.05, 3.63) is 35.4 Å². The number of piperidine rings is 1. The Labute approximate surface area is 122 Å². The van der Waals surface area contributed by atoms with Gasteiger partial charge in [0.2, 0.25) is 0 Å². The molecule has 0 atom stereocenters.